The Balaban J connectivity index is 1.62. The van der Waals surface area contributed by atoms with Crippen molar-refractivity contribution in [3.8, 4) is 0 Å². The van der Waals surface area contributed by atoms with Crippen LogP contribution in [0.5, 0.6) is 0 Å². The highest BCUT2D eigenvalue weighted by Crippen LogP contribution is 2.19. The summed E-state index contributed by atoms with van der Waals surface area (Å²) in [6.07, 6.45) is 1.78. The zero-order chi connectivity index (χ0) is 14.8. The molecule has 2 aromatic rings. The molecule has 0 aliphatic carbocycles. The number of hydrogen-bond donors (Lipinski definition) is 0. The molecule has 0 spiro atoms. The third-order valence-corrected chi connectivity index (χ3v) is 4.28. The number of aromatic nitrogens is 1. The monoisotopic (exact) mass is 413 g/mol. The molecule has 2 aromatic heterocycles. The average molecular weight is 415 g/mol. The number of carbonyl (C=O) groups excluding carboxylic acids is 1. The molecule has 7 heteroatoms. The van der Waals surface area contributed by atoms with Gasteiger partial charge in [-0.15, -0.1) is 0 Å². The Hall–Kier alpha value is -1.34. The molecule has 0 saturated carbocycles. The summed E-state index contributed by atoms with van der Waals surface area (Å²) in [7, 11) is 0. The Kier molecular flexibility index (Phi) is 4.30. The van der Waals surface area contributed by atoms with Gasteiger partial charge in [0.25, 0.3) is 5.91 Å². The van der Waals surface area contributed by atoms with E-state index in [1.54, 1.807) is 23.2 Å². The molecular weight excluding hydrogens is 402 g/mol. The summed E-state index contributed by atoms with van der Waals surface area (Å²) in [6.45, 7) is 2.86. The van der Waals surface area contributed by atoms with E-state index in [9.17, 15) is 4.79 Å². The topological polar surface area (TPSA) is 49.6 Å². The standard InChI is InChI=1S/C14H13Br2N3O2/c15-10-1-4-13(17-9-10)18-5-7-19(8-6-18)14(20)11-2-3-12(16)21-11/h1-4,9H,5-8H2. The molecular formula is C14H13Br2N3O2. The first-order valence-corrected chi connectivity index (χ1v) is 8.13. The highest BCUT2D eigenvalue weighted by molar-refractivity contribution is 9.10. The molecule has 1 aliphatic rings. The Morgan fingerprint density at radius 2 is 1.86 bits per heavy atom. The van der Waals surface area contributed by atoms with Crippen LogP contribution >= 0.6 is 31.9 Å². The van der Waals surface area contributed by atoms with Crippen molar-refractivity contribution in [2.75, 3.05) is 31.1 Å². The molecule has 0 N–H and O–H groups in total. The number of hydrogen-bond acceptors (Lipinski definition) is 4. The molecule has 110 valence electrons. The molecule has 0 unspecified atom stereocenters. The van der Waals surface area contributed by atoms with Crippen molar-refractivity contribution < 1.29 is 9.21 Å². The van der Waals surface area contributed by atoms with Gasteiger partial charge in [0.1, 0.15) is 5.82 Å². The fraction of sp³-hybridized carbons (Fsp3) is 0.286. The zero-order valence-electron chi connectivity index (χ0n) is 11.1. The fourth-order valence-corrected chi connectivity index (χ4v) is 2.82. The van der Waals surface area contributed by atoms with Crippen molar-refractivity contribution in [1.29, 1.82) is 0 Å². The third-order valence-electron chi connectivity index (χ3n) is 3.39. The van der Waals surface area contributed by atoms with Gasteiger partial charge in [0.15, 0.2) is 10.4 Å². The van der Waals surface area contributed by atoms with E-state index in [0.29, 0.717) is 23.5 Å². The van der Waals surface area contributed by atoms with E-state index in [-0.39, 0.29) is 5.91 Å². The van der Waals surface area contributed by atoms with Gasteiger partial charge >= 0.3 is 0 Å². The van der Waals surface area contributed by atoms with Crippen molar-refractivity contribution >= 4 is 43.6 Å². The average Bonchev–Trinajstić information content (AvgIpc) is 2.94. The summed E-state index contributed by atoms with van der Waals surface area (Å²) < 4.78 is 6.85. The SMILES string of the molecule is O=C(c1ccc(Br)o1)N1CCN(c2ccc(Br)cn2)CC1. The number of amides is 1. The lowest BCUT2D eigenvalue weighted by atomic mass is 10.2. The smallest absolute Gasteiger partial charge is 0.289 e. The lowest BCUT2D eigenvalue weighted by Gasteiger charge is -2.35. The van der Waals surface area contributed by atoms with Gasteiger partial charge in [0, 0.05) is 36.8 Å². The van der Waals surface area contributed by atoms with Crippen molar-refractivity contribution in [2.45, 2.75) is 0 Å². The van der Waals surface area contributed by atoms with E-state index in [1.165, 1.54) is 0 Å². The van der Waals surface area contributed by atoms with Crippen molar-refractivity contribution in [3.05, 3.63) is 45.4 Å². The highest BCUT2D eigenvalue weighted by atomic mass is 79.9. The molecule has 21 heavy (non-hydrogen) atoms. The first-order chi connectivity index (χ1) is 10.1. The number of halogens is 2. The van der Waals surface area contributed by atoms with E-state index in [0.717, 1.165) is 23.4 Å². The molecule has 0 aromatic carbocycles. The van der Waals surface area contributed by atoms with Crippen LogP contribution in [0.15, 0.2) is 44.0 Å². The maximum Gasteiger partial charge on any atom is 0.289 e. The molecule has 3 heterocycles. The minimum atomic E-state index is -0.0656. The predicted octanol–water partition coefficient (Wildman–Crippen LogP) is 3.16. The van der Waals surface area contributed by atoms with Gasteiger partial charge in [-0.3, -0.25) is 4.79 Å². The van der Waals surface area contributed by atoms with E-state index in [2.05, 4.69) is 41.7 Å². The number of pyridine rings is 1. The Bertz CT molecular complexity index is 634. The molecule has 5 nitrogen and oxygen atoms in total. The van der Waals surface area contributed by atoms with Gasteiger partial charge < -0.3 is 14.2 Å². The van der Waals surface area contributed by atoms with Crippen molar-refractivity contribution in [3.63, 3.8) is 0 Å². The second-order valence-electron chi connectivity index (χ2n) is 4.72. The fourth-order valence-electron chi connectivity index (χ4n) is 2.28. The molecule has 0 radical (unpaired) electrons. The van der Waals surface area contributed by atoms with Gasteiger partial charge in [0.05, 0.1) is 0 Å². The number of anilines is 1. The van der Waals surface area contributed by atoms with Crippen LogP contribution in [-0.2, 0) is 0 Å². The minimum Gasteiger partial charge on any atom is -0.444 e. The number of carbonyl (C=O) groups is 1. The first-order valence-electron chi connectivity index (χ1n) is 6.54. The Labute approximate surface area is 139 Å². The van der Waals surface area contributed by atoms with Gasteiger partial charge in [0.2, 0.25) is 0 Å². The number of nitrogens with zero attached hydrogens (tertiary/aromatic N) is 3. The van der Waals surface area contributed by atoms with Gasteiger partial charge in [-0.25, -0.2) is 4.98 Å². The van der Waals surface area contributed by atoms with Crippen LogP contribution < -0.4 is 4.90 Å². The van der Waals surface area contributed by atoms with Crippen LogP contribution in [0, 0.1) is 0 Å². The van der Waals surface area contributed by atoms with E-state index in [1.807, 2.05) is 12.1 Å². The molecule has 3 rings (SSSR count). The maximum atomic E-state index is 12.3. The van der Waals surface area contributed by atoms with Gasteiger partial charge in [-0.2, -0.15) is 0 Å². The second-order valence-corrected chi connectivity index (χ2v) is 6.41. The number of furan rings is 1. The second kappa shape index (κ2) is 6.19. The van der Waals surface area contributed by atoms with Crippen LogP contribution in [0.4, 0.5) is 5.82 Å². The molecule has 1 aliphatic heterocycles. The summed E-state index contributed by atoms with van der Waals surface area (Å²) in [4.78, 5) is 20.6. The van der Waals surface area contributed by atoms with Gasteiger partial charge in [-0.05, 0) is 56.1 Å². The van der Waals surface area contributed by atoms with E-state index >= 15 is 0 Å². The lowest BCUT2D eigenvalue weighted by molar-refractivity contribution is 0.0713. The first kappa shape index (κ1) is 14.6. The lowest BCUT2D eigenvalue weighted by Crippen LogP contribution is -2.49. The van der Waals surface area contributed by atoms with Crippen molar-refractivity contribution in [1.82, 2.24) is 9.88 Å². The van der Waals surface area contributed by atoms with Crippen LogP contribution in [0.1, 0.15) is 10.6 Å². The minimum absolute atomic E-state index is 0.0656. The van der Waals surface area contributed by atoms with Gasteiger partial charge in [-0.1, -0.05) is 0 Å². The molecule has 0 bridgehead atoms. The van der Waals surface area contributed by atoms with Crippen LogP contribution in [0.25, 0.3) is 0 Å². The van der Waals surface area contributed by atoms with E-state index in [4.69, 9.17) is 4.42 Å². The van der Waals surface area contributed by atoms with Crippen molar-refractivity contribution in [2.24, 2.45) is 0 Å². The predicted molar refractivity (Wildman–Crippen MR) is 86.5 cm³/mol. The zero-order valence-corrected chi connectivity index (χ0v) is 14.3. The Morgan fingerprint density at radius 1 is 1.10 bits per heavy atom. The summed E-state index contributed by atoms with van der Waals surface area (Å²) in [5, 5.41) is 0. The maximum absolute atomic E-state index is 12.3. The van der Waals surface area contributed by atoms with Crippen LogP contribution in [-0.4, -0.2) is 42.0 Å². The summed E-state index contributed by atoms with van der Waals surface area (Å²) in [5.41, 5.74) is 0. The van der Waals surface area contributed by atoms with E-state index < -0.39 is 0 Å². The summed E-state index contributed by atoms with van der Waals surface area (Å²) in [6, 6.07) is 7.37. The largest absolute Gasteiger partial charge is 0.444 e. The molecule has 1 fully saturated rings. The quantitative estimate of drug-likeness (QED) is 0.757. The number of rotatable bonds is 2. The highest BCUT2D eigenvalue weighted by Gasteiger charge is 2.24. The van der Waals surface area contributed by atoms with Crippen LogP contribution in [0.2, 0.25) is 0 Å². The molecule has 1 saturated heterocycles. The van der Waals surface area contributed by atoms with Crippen LogP contribution in [0.3, 0.4) is 0 Å². The molecule has 0 atom stereocenters. The Morgan fingerprint density at radius 3 is 2.43 bits per heavy atom. The normalized spacial score (nSPS) is 15.3. The summed E-state index contributed by atoms with van der Waals surface area (Å²) >= 11 is 6.59. The molecule has 1 amide bonds. The number of piperazine rings is 1. The summed E-state index contributed by atoms with van der Waals surface area (Å²) in [5.74, 6) is 1.24. The third kappa shape index (κ3) is 3.29.